The second kappa shape index (κ2) is 4.85. The van der Waals surface area contributed by atoms with Crippen molar-refractivity contribution in [2.75, 3.05) is 5.32 Å². The first kappa shape index (κ1) is 12.5. The summed E-state index contributed by atoms with van der Waals surface area (Å²) in [5, 5.41) is 7.73. The van der Waals surface area contributed by atoms with E-state index in [1.54, 1.807) is 0 Å². The zero-order valence-electron chi connectivity index (χ0n) is 11.8. The van der Waals surface area contributed by atoms with Crippen molar-refractivity contribution < 1.29 is 0 Å². The minimum absolute atomic E-state index is 0.796. The Hall–Kier alpha value is -2.56. The van der Waals surface area contributed by atoms with Crippen LogP contribution in [0, 0.1) is 13.8 Å². The minimum atomic E-state index is 0.796. The Morgan fingerprint density at radius 2 is 1.80 bits per heavy atom. The van der Waals surface area contributed by atoms with Crippen molar-refractivity contribution in [3.05, 3.63) is 54.1 Å². The lowest BCUT2D eigenvalue weighted by molar-refractivity contribution is 0.756. The second-order valence-corrected chi connectivity index (χ2v) is 4.84. The van der Waals surface area contributed by atoms with Gasteiger partial charge in [-0.3, -0.25) is 9.25 Å². The van der Waals surface area contributed by atoms with Gasteiger partial charge in [0.05, 0.1) is 17.1 Å². The first-order valence-electron chi connectivity index (χ1n) is 6.52. The molecule has 3 aromatic rings. The SMILES string of the molecule is Cc1cn(-c2cn(C)nc2C)c(Nc2ccccc2)n1. The van der Waals surface area contributed by atoms with Crippen LogP contribution >= 0.6 is 0 Å². The van der Waals surface area contributed by atoms with Gasteiger partial charge in [0.25, 0.3) is 0 Å². The van der Waals surface area contributed by atoms with Crippen molar-refractivity contribution in [1.82, 2.24) is 19.3 Å². The molecule has 20 heavy (non-hydrogen) atoms. The summed E-state index contributed by atoms with van der Waals surface area (Å²) in [4.78, 5) is 4.55. The normalized spacial score (nSPS) is 10.8. The molecule has 1 aromatic carbocycles. The van der Waals surface area contributed by atoms with Gasteiger partial charge in [0.15, 0.2) is 0 Å². The summed E-state index contributed by atoms with van der Waals surface area (Å²) in [6.45, 7) is 3.98. The molecule has 0 bridgehead atoms. The Morgan fingerprint density at radius 1 is 1.05 bits per heavy atom. The molecule has 0 amide bonds. The van der Waals surface area contributed by atoms with Crippen molar-refractivity contribution in [2.45, 2.75) is 13.8 Å². The summed E-state index contributed by atoms with van der Waals surface area (Å²) >= 11 is 0. The fourth-order valence-corrected chi connectivity index (χ4v) is 2.24. The maximum absolute atomic E-state index is 4.55. The van der Waals surface area contributed by atoms with E-state index in [4.69, 9.17) is 0 Å². The Kier molecular flexibility index (Phi) is 3.02. The van der Waals surface area contributed by atoms with Crippen LogP contribution in [0.4, 0.5) is 11.6 Å². The van der Waals surface area contributed by atoms with Gasteiger partial charge < -0.3 is 5.32 Å². The first-order valence-corrected chi connectivity index (χ1v) is 6.52. The number of hydrogen-bond acceptors (Lipinski definition) is 3. The van der Waals surface area contributed by atoms with Crippen LogP contribution in [0.5, 0.6) is 0 Å². The Balaban J connectivity index is 2.02. The number of benzene rings is 1. The Morgan fingerprint density at radius 3 is 2.45 bits per heavy atom. The number of imidazole rings is 1. The molecule has 0 aliphatic heterocycles. The molecule has 2 aromatic heterocycles. The Bertz CT molecular complexity index is 724. The molecular weight excluding hydrogens is 250 g/mol. The molecule has 0 aliphatic carbocycles. The number of aryl methyl sites for hydroxylation is 3. The predicted molar refractivity (Wildman–Crippen MR) is 79.5 cm³/mol. The van der Waals surface area contributed by atoms with Crippen LogP contribution in [0.15, 0.2) is 42.7 Å². The van der Waals surface area contributed by atoms with Gasteiger partial charge in [-0.2, -0.15) is 5.10 Å². The van der Waals surface area contributed by atoms with Gasteiger partial charge in [0, 0.05) is 25.1 Å². The van der Waals surface area contributed by atoms with Crippen LogP contribution in [0.3, 0.4) is 0 Å². The maximum atomic E-state index is 4.55. The quantitative estimate of drug-likeness (QED) is 0.793. The average molecular weight is 267 g/mol. The average Bonchev–Trinajstić information content (AvgIpc) is 2.93. The van der Waals surface area contributed by atoms with E-state index in [1.165, 1.54) is 0 Å². The summed E-state index contributed by atoms with van der Waals surface area (Å²) in [6, 6.07) is 10.0. The van der Waals surface area contributed by atoms with Gasteiger partial charge in [-0.15, -0.1) is 0 Å². The van der Waals surface area contributed by atoms with Crippen molar-refractivity contribution in [3.63, 3.8) is 0 Å². The van der Waals surface area contributed by atoms with Crippen LogP contribution < -0.4 is 5.32 Å². The standard InChI is InChI=1S/C15H17N5/c1-11-9-20(14-10-19(3)18-12(14)2)15(16-11)17-13-7-5-4-6-8-13/h4-10H,1-3H3,(H,16,17). The highest BCUT2D eigenvalue weighted by Gasteiger charge is 2.12. The smallest absolute Gasteiger partial charge is 0.212 e. The van der Waals surface area contributed by atoms with Crippen molar-refractivity contribution in [3.8, 4) is 5.69 Å². The number of anilines is 2. The monoisotopic (exact) mass is 267 g/mol. The van der Waals surface area contributed by atoms with E-state index < -0.39 is 0 Å². The number of nitrogens with zero attached hydrogens (tertiary/aromatic N) is 4. The summed E-state index contributed by atoms with van der Waals surface area (Å²) in [5.74, 6) is 0.796. The lowest BCUT2D eigenvalue weighted by Crippen LogP contribution is -2.01. The van der Waals surface area contributed by atoms with Crippen LogP contribution in [0.25, 0.3) is 5.69 Å². The van der Waals surface area contributed by atoms with Gasteiger partial charge in [-0.05, 0) is 26.0 Å². The number of hydrogen-bond donors (Lipinski definition) is 1. The lowest BCUT2D eigenvalue weighted by atomic mass is 10.3. The highest BCUT2D eigenvalue weighted by atomic mass is 15.3. The second-order valence-electron chi connectivity index (χ2n) is 4.84. The zero-order chi connectivity index (χ0) is 14.1. The fraction of sp³-hybridized carbons (Fsp3) is 0.200. The van der Waals surface area contributed by atoms with Crippen LogP contribution in [0.2, 0.25) is 0 Å². The number of rotatable bonds is 3. The maximum Gasteiger partial charge on any atom is 0.212 e. The molecule has 0 unspecified atom stereocenters. The van der Waals surface area contributed by atoms with Gasteiger partial charge in [-0.1, -0.05) is 18.2 Å². The third-order valence-electron chi connectivity index (χ3n) is 3.10. The predicted octanol–water partition coefficient (Wildman–Crippen LogP) is 2.97. The van der Waals surface area contributed by atoms with Crippen molar-refractivity contribution in [2.24, 2.45) is 7.05 Å². The Labute approximate surface area is 117 Å². The molecule has 0 fully saturated rings. The highest BCUT2D eigenvalue weighted by Crippen LogP contribution is 2.22. The molecule has 5 heteroatoms. The largest absolute Gasteiger partial charge is 0.325 e. The summed E-state index contributed by atoms with van der Waals surface area (Å²) < 4.78 is 3.84. The topological polar surface area (TPSA) is 47.7 Å². The van der Waals surface area contributed by atoms with E-state index in [-0.39, 0.29) is 0 Å². The molecule has 3 rings (SSSR count). The van der Waals surface area contributed by atoms with Crippen molar-refractivity contribution in [1.29, 1.82) is 0 Å². The van der Waals surface area contributed by atoms with E-state index in [1.807, 2.05) is 72.9 Å². The first-order chi connectivity index (χ1) is 9.63. The highest BCUT2D eigenvalue weighted by molar-refractivity contribution is 5.56. The van der Waals surface area contributed by atoms with E-state index in [0.29, 0.717) is 0 Å². The molecule has 0 aliphatic rings. The molecule has 0 saturated carbocycles. The molecule has 0 spiro atoms. The third kappa shape index (κ3) is 2.30. The number of para-hydroxylation sites is 1. The lowest BCUT2D eigenvalue weighted by Gasteiger charge is -2.08. The van der Waals surface area contributed by atoms with E-state index in [0.717, 1.165) is 28.7 Å². The summed E-state index contributed by atoms with van der Waals surface area (Å²) in [6.07, 6.45) is 4.00. The van der Waals surface area contributed by atoms with Crippen molar-refractivity contribution >= 4 is 11.6 Å². The van der Waals surface area contributed by atoms with E-state index in [9.17, 15) is 0 Å². The van der Waals surface area contributed by atoms with Crippen LogP contribution in [-0.4, -0.2) is 19.3 Å². The van der Waals surface area contributed by atoms with Gasteiger partial charge >= 0.3 is 0 Å². The van der Waals surface area contributed by atoms with Crippen LogP contribution in [-0.2, 0) is 7.05 Å². The minimum Gasteiger partial charge on any atom is -0.325 e. The van der Waals surface area contributed by atoms with Gasteiger partial charge in [0.1, 0.15) is 0 Å². The third-order valence-corrected chi connectivity index (χ3v) is 3.10. The van der Waals surface area contributed by atoms with Gasteiger partial charge in [0.2, 0.25) is 5.95 Å². The van der Waals surface area contributed by atoms with Crippen LogP contribution in [0.1, 0.15) is 11.4 Å². The molecule has 2 heterocycles. The molecule has 0 saturated heterocycles. The fourth-order valence-electron chi connectivity index (χ4n) is 2.24. The van der Waals surface area contributed by atoms with Gasteiger partial charge in [-0.25, -0.2) is 4.98 Å². The summed E-state index contributed by atoms with van der Waals surface area (Å²) in [5.41, 5.74) is 3.99. The molecule has 1 N–H and O–H groups in total. The van der Waals surface area contributed by atoms with E-state index in [2.05, 4.69) is 15.4 Å². The summed E-state index contributed by atoms with van der Waals surface area (Å²) in [7, 11) is 1.92. The molecular formula is C15H17N5. The molecule has 102 valence electrons. The molecule has 5 nitrogen and oxygen atoms in total. The molecule has 0 radical (unpaired) electrons. The van der Waals surface area contributed by atoms with E-state index >= 15 is 0 Å². The molecule has 0 atom stereocenters. The number of nitrogens with one attached hydrogen (secondary N) is 1. The zero-order valence-corrected chi connectivity index (χ0v) is 11.8. The number of aromatic nitrogens is 4.